The first-order valence-electron chi connectivity index (χ1n) is 6.92. The Balaban J connectivity index is 1.59. The van der Waals surface area contributed by atoms with Gasteiger partial charge in [-0.1, -0.05) is 13.8 Å². The highest BCUT2D eigenvalue weighted by Gasteiger charge is 2.47. The third-order valence-electron chi connectivity index (χ3n) is 4.18. The van der Waals surface area contributed by atoms with Crippen LogP contribution in [0.5, 0.6) is 0 Å². The van der Waals surface area contributed by atoms with E-state index >= 15 is 0 Å². The third-order valence-corrected chi connectivity index (χ3v) is 5.08. The standard InChI is InChI=1S/C15H18N2O3S/c1-15(2)11(7-12(15)18)17-13(19)6-9-8-21-14(16-9)10-4-3-5-20-10/h3-5,8,11-12,18H,6-7H2,1-2H3,(H,17,19). The number of aliphatic hydroxyl groups is 1. The van der Waals surface area contributed by atoms with Crippen molar-refractivity contribution in [1.82, 2.24) is 10.3 Å². The van der Waals surface area contributed by atoms with Crippen LogP contribution in [0.3, 0.4) is 0 Å². The number of carbonyl (C=O) groups is 1. The monoisotopic (exact) mass is 306 g/mol. The van der Waals surface area contributed by atoms with Gasteiger partial charge in [0, 0.05) is 16.8 Å². The highest BCUT2D eigenvalue weighted by Crippen LogP contribution is 2.40. The molecule has 0 aliphatic heterocycles. The fourth-order valence-electron chi connectivity index (χ4n) is 2.46. The zero-order chi connectivity index (χ0) is 15.0. The molecule has 2 aromatic rings. The lowest BCUT2D eigenvalue weighted by atomic mass is 9.64. The van der Waals surface area contributed by atoms with Crippen LogP contribution in [0.1, 0.15) is 26.0 Å². The van der Waals surface area contributed by atoms with Crippen LogP contribution in [0.4, 0.5) is 0 Å². The predicted octanol–water partition coefficient (Wildman–Crippen LogP) is 2.22. The van der Waals surface area contributed by atoms with Crippen molar-refractivity contribution in [1.29, 1.82) is 0 Å². The van der Waals surface area contributed by atoms with E-state index in [1.165, 1.54) is 11.3 Å². The molecule has 1 aliphatic carbocycles. The Morgan fingerprint density at radius 1 is 1.62 bits per heavy atom. The summed E-state index contributed by atoms with van der Waals surface area (Å²) in [4.78, 5) is 16.5. The number of hydrogen-bond donors (Lipinski definition) is 2. The second kappa shape index (κ2) is 5.27. The van der Waals surface area contributed by atoms with Gasteiger partial charge in [-0.25, -0.2) is 4.98 Å². The molecule has 0 bridgehead atoms. The van der Waals surface area contributed by atoms with Gasteiger partial charge in [0.15, 0.2) is 10.8 Å². The molecule has 3 rings (SSSR count). The Morgan fingerprint density at radius 3 is 3.05 bits per heavy atom. The van der Waals surface area contributed by atoms with Gasteiger partial charge in [0.05, 0.1) is 24.5 Å². The van der Waals surface area contributed by atoms with Crippen LogP contribution in [-0.2, 0) is 11.2 Å². The molecular formula is C15H18N2O3S. The van der Waals surface area contributed by atoms with Crippen LogP contribution in [-0.4, -0.2) is 28.1 Å². The first-order chi connectivity index (χ1) is 9.96. The van der Waals surface area contributed by atoms with Crippen LogP contribution < -0.4 is 5.32 Å². The molecule has 6 heteroatoms. The summed E-state index contributed by atoms with van der Waals surface area (Å²) >= 11 is 1.46. The quantitative estimate of drug-likeness (QED) is 0.908. The van der Waals surface area contributed by atoms with E-state index in [0.29, 0.717) is 6.42 Å². The number of rotatable bonds is 4. The van der Waals surface area contributed by atoms with Crippen LogP contribution in [0.25, 0.3) is 10.8 Å². The average molecular weight is 306 g/mol. The first kappa shape index (κ1) is 14.3. The number of carbonyl (C=O) groups excluding carboxylic acids is 1. The maximum absolute atomic E-state index is 12.1. The molecule has 2 unspecified atom stereocenters. The summed E-state index contributed by atoms with van der Waals surface area (Å²) in [6.07, 6.45) is 2.13. The van der Waals surface area contributed by atoms with Gasteiger partial charge < -0.3 is 14.8 Å². The van der Waals surface area contributed by atoms with Gasteiger partial charge in [-0.15, -0.1) is 11.3 Å². The van der Waals surface area contributed by atoms with Gasteiger partial charge >= 0.3 is 0 Å². The van der Waals surface area contributed by atoms with Gasteiger partial charge in [-0.05, 0) is 18.6 Å². The molecule has 2 atom stereocenters. The van der Waals surface area contributed by atoms with E-state index in [9.17, 15) is 9.90 Å². The minimum Gasteiger partial charge on any atom is -0.462 e. The smallest absolute Gasteiger partial charge is 0.226 e. The van der Waals surface area contributed by atoms with Crippen LogP contribution in [0.15, 0.2) is 28.2 Å². The van der Waals surface area contributed by atoms with Crippen molar-refractivity contribution in [2.24, 2.45) is 5.41 Å². The second-order valence-corrected chi connectivity index (χ2v) is 6.85. The second-order valence-electron chi connectivity index (χ2n) is 5.99. The summed E-state index contributed by atoms with van der Waals surface area (Å²) in [5, 5.41) is 15.3. The molecule has 0 spiro atoms. The molecule has 1 amide bonds. The molecule has 1 aliphatic rings. The van der Waals surface area contributed by atoms with Crippen LogP contribution in [0, 0.1) is 5.41 Å². The van der Waals surface area contributed by atoms with Crippen molar-refractivity contribution in [3.63, 3.8) is 0 Å². The lowest BCUT2D eigenvalue weighted by molar-refractivity contribution is -0.128. The van der Waals surface area contributed by atoms with Gasteiger partial charge in [0.2, 0.25) is 5.91 Å². The molecule has 1 fully saturated rings. The van der Waals surface area contributed by atoms with Crippen LogP contribution in [0.2, 0.25) is 0 Å². The van der Waals surface area contributed by atoms with Gasteiger partial charge in [-0.3, -0.25) is 4.79 Å². The molecular weight excluding hydrogens is 288 g/mol. The molecule has 0 saturated heterocycles. The van der Waals surface area contributed by atoms with Gasteiger partial charge in [0.25, 0.3) is 0 Å². The van der Waals surface area contributed by atoms with E-state index < -0.39 is 0 Å². The number of hydrogen-bond acceptors (Lipinski definition) is 5. The molecule has 1 saturated carbocycles. The molecule has 2 N–H and O–H groups in total. The Hall–Kier alpha value is -1.66. The number of amides is 1. The number of aromatic nitrogens is 1. The Kier molecular flexibility index (Phi) is 3.59. The SMILES string of the molecule is CC1(C)C(O)CC1NC(=O)Cc1csc(-c2ccco2)n1. The van der Waals surface area contributed by atoms with Crippen molar-refractivity contribution < 1.29 is 14.3 Å². The van der Waals surface area contributed by atoms with Crippen LogP contribution >= 0.6 is 11.3 Å². The Labute approximate surface area is 127 Å². The fraction of sp³-hybridized carbons (Fsp3) is 0.467. The zero-order valence-corrected chi connectivity index (χ0v) is 12.8. The Morgan fingerprint density at radius 2 is 2.43 bits per heavy atom. The lowest BCUT2D eigenvalue weighted by Gasteiger charge is -2.49. The van der Waals surface area contributed by atoms with Gasteiger partial charge in [-0.2, -0.15) is 0 Å². The number of furan rings is 1. The summed E-state index contributed by atoms with van der Waals surface area (Å²) in [6, 6.07) is 3.69. The van der Waals surface area contributed by atoms with E-state index in [1.807, 2.05) is 31.4 Å². The minimum absolute atomic E-state index is 0.0307. The summed E-state index contributed by atoms with van der Waals surface area (Å²) in [5.41, 5.74) is 0.485. The minimum atomic E-state index is -0.340. The maximum atomic E-state index is 12.1. The third kappa shape index (κ3) is 2.73. The summed E-state index contributed by atoms with van der Waals surface area (Å²) in [7, 11) is 0. The molecule has 2 aromatic heterocycles. The van der Waals surface area contributed by atoms with Crippen molar-refractivity contribution in [2.75, 3.05) is 0 Å². The molecule has 21 heavy (non-hydrogen) atoms. The van der Waals surface area contributed by atoms with E-state index in [2.05, 4.69) is 10.3 Å². The Bertz CT molecular complexity index is 633. The van der Waals surface area contributed by atoms with E-state index in [0.717, 1.165) is 16.5 Å². The van der Waals surface area contributed by atoms with Gasteiger partial charge in [0.1, 0.15) is 0 Å². The number of nitrogens with one attached hydrogen (secondary N) is 1. The topological polar surface area (TPSA) is 75.4 Å². The molecule has 0 radical (unpaired) electrons. The number of thiazole rings is 1. The molecule has 2 heterocycles. The van der Waals surface area contributed by atoms with Crippen molar-refractivity contribution in [3.8, 4) is 10.8 Å². The fourth-order valence-corrected chi connectivity index (χ4v) is 3.24. The normalized spacial score (nSPS) is 23.6. The van der Waals surface area contributed by atoms with E-state index in [4.69, 9.17) is 4.42 Å². The van der Waals surface area contributed by atoms with Crippen molar-refractivity contribution in [3.05, 3.63) is 29.5 Å². The zero-order valence-electron chi connectivity index (χ0n) is 12.0. The van der Waals surface area contributed by atoms with Crippen molar-refractivity contribution in [2.45, 2.75) is 38.8 Å². The predicted molar refractivity (Wildman–Crippen MR) is 79.9 cm³/mol. The first-order valence-corrected chi connectivity index (χ1v) is 7.80. The van der Waals surface area contributed by atoms with E-state index in [1.54, 1.807) is 6.26 Å². The molecule has 112 valence electrons. The summed E-state index contributed by atoms with van der Waals surface area (Å²) in [6.45, 7) is 3.92. The molecule has 0 aromatic carbocycles. The molecule has 5 nitrogen and oxygen atoms in total. The largest absolute Gasteiger partial charge is 0.462 e. The highest BCUT2D eigenvalue weighted by molar-refractivity contribution is 7.13. The van der Waals surface area contributed by atoms with E-state index in [-0.39, 0.29) is 29.9 Å². The summed E-state index contributed by atoms with van der Waals surface area (Å²) < 4.78 is 5.29. The average Bonchev–Trinajstić information content (AvgIpc) is 3.08. The maximum Gasteiger partial charge on any atom is 0.226 e. The summed E-state index contributed by atoms with van der Waals surface area (Å²) in [5.74, 6) is 0.658. The number of nitrogens with zero attached hydrogens (tertiary/aromatic N) is 1. The number of aliphatic hydroxyl groups excluding tert-OH is 1. The van der Waals surface area contributed by atoms with Crippen molar-refractivity contribution >= 4 is 17.2 Å². The highest BCUT2D eigenvalue weighted by atomic mass is 32.1. The lowest BCUT2D eigenvalue weighted by Crippen LogP contribution is -2.61.